The Balaban J connectivity index is 1.86. The van der Waals surface area contributed by atoms with Crippen LogP contribution in [0.4, 0.5) is 10.5 Å². The van der Waals surface area contributed by atoms with E-state index in [1.54, 1.807) is 46.2 Å². The summed E-state index contributed by atoms with van der Waals surface area (Å²) in [6, 6.07) is 14.0. The number of benzene rings is 2. The lowest BCUT2D eigenvalue weighted by Crippen LogP contribution is -2.48. The van der Waals surface area contributed by atoms with E-state index in [2.05, 4.69) is 0 Å². The van der Waals surface area contributed by atoms with Crippen molar-refractivity contribution in [3.63, 3.8) is 0 Å². The van der Waals surface area contributed by atoms with Gasteiger partial charge >= 0.3 is 6.03 Å². The lowest BCUT2D eigenvalue weighted by atomic mass is 10.1. The first kappa shape index (κ1) is 20.0. The quantitative estimate of drug-likeness (QED) is 0.742. The second kappa shape index (κ2) is 9.45. The largest absolute Gasteiger partial charge is 0.392 e. The van der Waals surface area contributed by atoms with Gasteiger partial charge in [0.1, 0.15) is 6.61 Å². The van der Waals surface area contributed by atoms with Crippen LogP contribution in [-0.2, 0) is 17.9 Å². The van der Waals surface area contributed by atoms with E-state index in [-0.39, 0.29) is 18.4 Å². The number of ketones is 1. The number of Topliss-reactive ketones (excluding diaryl/α,β-unsaturated/α-hetero) is 1. The van der Waals surface area contributed by atoms with Crippen LogP contribution in [0, 0.1) is 0 Å². The Morgan fingerprint density at radius 1 is 1.00 bits per heavy atom. The number of aliphatic hydroxyl groups is 2. The van der Waals surface area contributed by atoms with Gasteiger partial charge in [-0.2, -0.15) is 0 Å². The summed E-state index contributed by atoms with van der Waals surface area (Å²) in [5.41, 5.74) is 2.70. The van der Waals surface area contributed by atoms with Crippen LogP contribution in [0.3, 0.4) is 0 Å². The monoisotopic (exact) mass is 384 g/mol. The highest BCUT2D eigenvalue weighted by Crippen LogP contribution is 2.22. The Kier molecular flexibility index (Phi) is 6.76. The van der Waals surface area contributed by atoms with Crippen LogP contribution in [0.2, 0.25) is 0 Å². The molecule has 0 saturated carbocycles. The van der Waals surface area contributed by atoms with Crippen molar-refractivity contribution in [1.29, 1.82) is 0 Å². The van der Waals surface area contributed by atoms with Gasteiger partial charge in [0, 0.05) is 24.3 Å². The molecule has 28 heavy (non-hydrogen) atoms. The number of aliphatic hydroxyl groups excluding tert-OH is 2. The molecule has 1 fully saturated rings. The molecule has 3 rings (SSSR count). The number of anilines is 1. The SMILES string of the molecule is O=C(CO)c1ccc(CN(C(=O)N2CCOCC2)c2cccc(CO)c2)cc1. The number of morpholine rings is 1. The van der Waals surface area contributed by atoms with E-state index in [9.17, 15) is 14.7 Å². The standard InChI is InChI=1S/C21H24N2O5/c24-14-17-2-1-3-19(12-17)23(21(27)22-8-10-28-11-9-22)13-16-4-6-18(7-5-16)20(26)15-25/h1-7,12,24-25H,8-11,13-15H2. The van der Waals surface area contributed by atoms with Crippen molar-refractivity contribution in [3.05, 3.63) is 65.2 Å². The van der Waals surface area contributed by atoms with Crippen LogP contribution in [0.1, 0.15) is 21.5 Å². The molecule has 0 aromatic heterocycles. The van der Waals surface area contributed by atoms with Gasteiger partial charge in [0.25, 0.3) is 0 Å². The number of amides is 2. The second-order valence-corrected chi connectivity index (χ2v) is 6.57. The molecule has 1 heterocycles. The Morgan fingerprint density at radius 2 is 1.71 bits per heavy atom. The number of rotatable bonds is 6. The summed E-state index contributed by atoms with van der Waals surface area (Å²) in [4.78, 5) is 28.2. The van der Waals surface area contributed by atoms with Crippen LogP contribution < -0.4 is 4.90 Å². The molecule has 0 atom stereocenters. The molecule has 7 heteroatoms. The molecular formula is C21H24N2O5. The summed E-state index contributed by atoms with van der Waals surface area (Å²) in [7, 11) is 0. The minimum Gasteiger partial charge on any atom is -0.392 e. The Bertz CT molecular complexity index is 816. The molecule has 1 saturated heterocycles. The summed E-state index contributed by atoms with van der Waals surface area (Å²) < 4.78 is 5.34. The summed E-state index contributed by atoms with van der Waals surface area (Å²) in [6.45, 7) is 1.75. The molecule has 0 unspecified atom stereocenters. The van der Waals surface area contributed by atoms with Gasteiger partial charge in [-0.3, -0.25) is 9.69 Å². The van der Waals surface area contributed by atoms with E-state index < -0.39 is 6.61 Å². The van der Waals surface area contributed by atoms with Crippen LogP contribution in [-0.4, -0.2) is 59.8 Å². The van der Waals surface area contributed by atoms with E-state index in [4.69, 9.17) is 9.84 Å². The van der Waals surface area contributed by atoms with Gasteiger partial charge in [0.15, 0.2) is 5.78 Å². The Hall–Kier alpha value is -2.74. The highest BCUT2D eigenvalue weighted by atomic mass is 16.5. The minimum absolute atomic E-state index is 0.106. The van der Waals surface area contributed by atoms with Gasteiger partial charge in [-0.1, -0.05) is 36.4 Å². The van der Waals surface area contributed by atoms with Crippen molar-refractivity contribution >= 4 is 17.5 Å². The van der Waals surface area contributed by atoms with Gasteiger partial charge in [0.2, 0.25) is 0 Å². The van der Waals surface area contributed by atoms with Crippen molar-refractivity contribution in [2.45, 2.75) is 13.2 Å². The third-order valence-electron chi connectivity index (χ3n) is 4.68. The molecule has 2 aromatic rings. The average molecular weight is 384 g/mol. The minimum atomic E-state index is -0.533. The molecule has 7 nitrogen and oxygen atoms in total. The van der Waals surface area contributed by atoms with Crippen molar-refractivity contribution in [2.75, 3.05) is 37.8 Å². The number of nitrogens with zero attached hydrogens (tertiary/aromatic N) is 2. The molecule has 0 spiro atoms. The normalized spacial score (nSPS) is 14.0. The number of ether oxygens (including phenoxy) is 1. The highest BCUT2D eigenvalue weighted by Gasteiger charge is 2.24. The van der Waals surface area contributed by atoms with Gasteiger partial charge in [-0.05, 0) is 23.3 Å². The van der Waals surface area contributed by atoms with E-state index in [1.165, 1.54) is 0 Å². The first-order valence-corrected chi connectivity index (χ1v) is 9.19. The van der Waals surface area contributed by atoms with Gasteiger partial charge in [0.05, 0.1) is 26.4 Å². The second-order valence-electron chi connectivity index (χ2n) is 6.57. The van der Waals surface area contributed by atoms with Gasteiger partial charge < -0.3 is 19.8 Å². The van der Waals surface area contributed by atoms with E-state index >= 15 is 0 Å². The van der Waals surface area contributed by atoms with Crippen LogP contribution in [0.5, 0.6) is 0 Å². The van der Waals surface area contributed by atoms with Crippen LogP contribution >= 0.6 is 0 Å². The topological polar surface area (TPSA) is 90.3 Å². The molecule has 0 aliphatic carbocycles. The molecule has 2 aromatic carbocycles. The third kappa shape index (κ3) is 4.75. The summed E-state index contributed by atoms with van der Waals surface area (Å²) in [5, 5.41) is 18.4. The lowest BCUT2D eigenvalue weighted by Gasteiger charge is -2.33. The molecule has 2 N–H and O–H groups in total. The first-order valence-electron chi connectivity index (χ1n) is 9.19. The average Bonchev–Trinajstić information content (AvgIpc) is 2.77. The number of urea groups is 1. The maximum Gasteiger partial charge on any atom is 0.324 e. The van der Waals surface area contributed by atoms with Gasteiger partial charge in [-0.25, -0.2) is 4.79 Å². The molecular weight excluding hydrogens is 360 g/mol. The Morgan fingerprint density at radius 3 is 2.36 bits per heavy atom. The zero-order valence-corrected chi connectivity index (χ0v) is 15.6. The number of hydrogen-bond donors (Lipinski definition) is 2. The predicted molar refractivity (Wildman–Crippen MR) is 104 cm³/mol. The fraction of sp³-hybridized carbons (Fsp3) is 0.333. The van der Waals surface area contributed by atoms with E-state index in [0.717, 1.165) is 11.1 Å². The van der Waals surface area contributed by atoms with Crippen molar-refractivity contribution < 1.29 is 24.5 Å². The maximum absolute atomic E-state index is 13.2. The maximum atomic E-state index is 13.2. The van der Waals surface area contributed by atoms with Crippen LogP contribution in [0.25, 0.3) is 0 Å². The number of hydrogen-bond acceptors (Lipinski definition) is 5. The molecule has 0 radical (unpaired) electrons. The van der Waals surface area contributed by atoms with E-state index in [1.807, 2.05) is 12.1 Å². The molecule has 148 valence electrons. The van der Waals surface area contributed by atoms with Crippen LogP contribution in [0.15, 0.2) is 48.5 Å². The smallest absolute Gasteiger partial charge is 0.324 e. The zero-order valence-electron chi connectivity index (χ0n) is 15.6. The van der Waals surface area contributed by atoms with Gasteiger partial charge in [-0.15, -0.1) is 0 Å². The predicted octanol–water partition coefficient (Wildman–Crippen LogP) is 1.81. The highest BCUT2D eigenvalue weighted by molar-refractivity contribution is 5.97. The third-order valence-corrected chi connectivity index (χ3v) is 4.68. The molecule has 2 amide bonds. The molecule has 0 bridgehead atoms. The van der Waals surface area contributed by atoms with Crippen molar-refractivity contribution in [1.82, 2.24) is 4.90 Å². The van der Waals surface area contributed by atoms with Crippen molar-refractivity contribution in [2.24, 2.45) is 0 Å². The molecule has 1 aliphatic heterocycles. The number of carbonyl (C=O) groups excluding carboxylic acids is 2. The summed E-state index contributed by atoms with van der Waals surface area (Å²) in [5.74, 6) is -0.344. The summed E-state index contributed by atoms with van der Waals surface area (Å²) in [6.07, 6.45) is 0. The summed E-state index contributed by atoms with van der Waals surface area (Å²) >= 11 is 0. The van der Waals surface area contributed by atoms with E-state index in [0.29, 0.717) is 44.1 Å². The zero-order chi connectivity index (χ0) is 19.9. The molecule has 1 aliphatic rings. The first-order chi connectivity index (χ1) is 13.6. The fourth-order valence-corrected chi connectivity index (χ4v) is 3.09. The lowest BCUT2D eigenvalue weighted by molar-refractivity contribution is 0.0548. The van der Waals surface area contributed by atoms with Crippen molar-refractivity contribution in [3.8, 4) is 0 Å². The Labute approximate surface area is 163 Å². The number of carbonyl (C=O) groups is 2. The fourth-order valence-electron chi connectivity index (χ4n) is 3.09.